The van der Waals surface area contributed by atoms with Gasteiger partial charge in [-0.25, -0.2) is 4.79 Å². The number of amides is 1. The van der Waals surface area contributed by atoms with E-state index in [1.807, 2.05) is 0 Å². The first-order chi connectivity index (χ1) is 11.4. The predicted molar refractivity (Wildman–Crippen MR) is 79.4 cm³/mol. The van der Waals surface area contributed by atoms with Crippen molar-refractivity contribution in [3.63, 3.8) is 0 Å². The fraction of sp³-hybridized carbons (Fsp3) is 0.200. The molecular weight excluding hydrogens is 318 g/mol. The Labute approximate surface area is 135 Å². The lowest BCUT2D eigenvalue weighted by atomic mass is 10.1. The van der Waals surface area contributed by atoms with Crippen molar-refractivity contribution in [3.05, 3.63) is 57.8 Å². The van der Waals surface area contributed by atoms with Crippen LogP contribution in [-0.2, 0) is 13.1 Å². The number of aliphatic hydroxyl groups is 1. The number of hydrogen-bond acceptors (Lipinski definition) is 6. The summed E-state index contributed by atoms with van der Waals surface area (Å²) in [5, 5.41) is 29.2. The van der Waals surface area contributed by atoms with Crippen molar-refractivity contribution in [2.75, 3.05) is 0 Å². The molecule has 2 aromatic heterocycles. The smallest absolute Gasteiger partial charge is 0.341 e. The lowest BCUT2D eigenvalue weighted by Crippen LogP contribution is -2.48. The van der Waals surface area contributed by atoms with Gasteiger partial charge in [0, 0.05) is 18.6 Å². The minimum absolute atomic E-state index is 0.0299. The van der Waals surface area contributed by atoms with E-state index in [9.17, 15) is 24.6 Å². The van der Waals surface area contributed by atoms with Crippen LogP contribution in [0.2, 0.25) is 0 Å². The number of aromatic nitrogens is 2. The molecule has 124 valence electrons. The summed E-state index contributed by atoms with van der Waals surface area (Å²) >= 11 is 0. The van der Waals surface area contributed by atoms with Crippen LogP contribution in [0.15, 0.2) is 35.5 Å². The van der Waals surface area contributed by atoms with Gasteiger partial charge in [0.15, 0.2) is 11.4 Å². The van der Waals surface area contributed by atoms with E-state index < -0.39 is 34.8 Å². The van der Waals surface area contributed by atoms with Crippen LogP contribution in [0.5, 0.6) is 5.75 Å². The molecule has 0 spiro atoms. The molecule has 1 aliphatic heterocycles. The van der Waals surface area contributed by atoms with Crippen molar-refractivity contribution in [1.29, 1.82) is 0 Å². The quantitative estimate of drug-likeness (QED) is 0.698. The maximum Gasteiger partial charge on any atom is 0.341 e. The van der Waals surface area contributed by atoms with Crippen LogP contribution in [-0.4, -0.2) is 47.9 Å². The Balaban J connectivity index is 2.04. The zero-order chi connectivity index (χ0) is 17.4. The molecule has 0 radical (unpaired) electrons. The fourth-order valence-corrected chi connectivity index (χ4v) is 2.58. The van der Waals surface area contributed by atoms with Crippen LogP contribution in [0.3, 0.4) is 0 Å². The average molecular weight is 331 g/mol. The Morgan fingerprint density at radius 3 is 2.75 bits per heavy atom. The highest BCUT2D eigenvalue weighted by Crippen LogP contribution is 2.24. The average Bonchev–Trinajstić information content (AvgIpc) is 2.55. The number of aromatic hydroxyl groups is 1. The number of carboxylic acid groups (broad SMARTS) is 1. The Hall–Kier alpha value is -3.20. The van der Waals surface area contributed by atoms with Crippen molar-refractivity contribution in [2.24, 2.45) is 0 Å². The lowest BCUT2D eigenvalue weighted by molar-refractivity contribution is -0.0163. The summed E-state index contributed by atoms with van der Waals surface area (Å²) < 4.78 is 1.08. The number of aliphatic hydroxyl groups excluding tert-OH is 1. The predicted octanol–water partition coefficient (Wildman–Crippen LogP) is -0.378. The van der Waals surface area contributed by atoms with Crippen LogP contribution >= 0.6 is 0 Å². The minimum Gasteiger partial charge on any atom is -0.503 e. The topological polar surface area (TPSA) is 133 Å². The van der Waals surface area contributed by atoms with Gasteiger partial charge in [-0.2, -0.15) is 0 Å². The first-order valence-electron chi connectivity index (χ1n) is 6.97. The van der Waals surface area contributed by atoms with Gasteiger partial charge in [-0.3, -0.25) is 14.6 Å². The van der Waals surface area contributed by atoms with Gasteiger partial charge in [0.2, 0.25) is 5.43 Å². The second-order valence-electron chi connectivity index (χ2n) is 5.30. The van der Waals surface area contributed by atoms with Gasteiger partial charge < -0.3 is 24.8 Å². The minimum atomic E-state index is -1.52. The molecule has 0 aromatic carbocycles. The van der Waals surface area contributed by atoms with Gasteiger partial charge in [0.25, 0.3) is 5.91 Å². The zero-order valence-corrected chi connectivity index (χ0v) is 12.3. The molecule has 3 N–H and O–H groups in total. The number of carbonyl (C=O) groups excluding carboxylic acids is 1. The molecule has 3 rings (SSSR count). The third kappa shape index (κ3) is 2.50. The molecule has 2 aromatic rings. The molecule has 1 amide bonds. The molecule has 1 unspecified atom stereocenters. The van der Waals surface area contributed by atoms with Crippen molar-refractivity contribution in [3.8, 4) is 5.75 Å². The van der Waals surface area contributed by atoms with Gasteiger partial charge in [-0.15, -0.1) is 0 Å². The van der Waals surface area contributed by atoms with Crippen LogP contribution < -0.4 is 5.43 Å². The highest BCUT2D eigenvalue weighted by atomic mass is 16.4. The second kappa shape index (κ2) is 5.78. The number of aromatic carboxylic acids is 1. The van der Waals surface area contributed by atoms with Crippen LogP contribution in [0, 0.1) is 0 Å². The van der Waals surface area contributed by atoms with E-state index in [1.54, 1.807) is 18.3 Å². The Morgan fingerprint density at radius 1 is 1.38 bits per heavy atom. The summed E-state index contributed by atoms with van der Waals surface area (Å²) in [6.45, 7) is -0.141. The number of carboxylic acids is 1. The normalized spacial score (nSPS) is 16.8. The van der Waals surface area contributed by atoms with E-state index in [2.05, 4.69) is 4.98 Å². The summed E-state index contributed by atoms with van der Waals surface area (Å²) in [6.07, 6.45) is 2.79. The number of pyridine rings is 2. The van der Waals surface area contributed by atoms with Crippen molar-refractivity contribution < 1.29 is 24.9 Å². The van der Waals surface area contributed by atoms with Gasteiger partial charge in [-0.05, 0) is 11.6 Å². The van der Waals surface area contributed by atoms with E-state index in [4.69, 9.17) is 5.11 Å². The number of rotatable bonds is 3. The molecular formula is C15H13N3O6. The molecule has 0 aliphatic carbocycles. The van der Waals surface area contributed by atoms with Crippen molar-refractivity contribution >= 4 is 11.9 Å². The number of carbonyl (C=O) groups is 2. The summed E-state index contributed by atoms with van der Waals surface area (Å²) in [5.41, 5.74) is -1.50. The largest absolute Gasteiger partial charge is 0.503 e. The molecule has 0 saturated carbocycles. The first kappa shape index (κ1) is 15.7. The van der Waals surface area contributed by atoms with E-state index in [0.29, 0.717) is 5.56 Å². The second-order valence-corrected chi connectivity index (χ2v) is 5.30. The maximum atomic E-state index is 12.6. The molecule has 0 bridgehead atoms. The molecule has 9 heteroatoms. The fourth-order valence-electron chi connectivity index (χ4n) is 2.58. The molecule has 1 atom stereocenters. The lowest BCUT2D eigenvalue weighted by Gasteiger charge is -2.34. The van der Waals surface area contributed by atoms with Gasteiger partial charge in [-0.1, -0.05) is 6.07 Å². The highest BCUT2D eigenvalue weighted by molar-refractivity contribution is 5.97. The molecule has 0 saturated heterocycles. The number of nitrogens with zero attached hydrogens (tertiary/aromatic N) is 3. The van der Waals surface area contributed by atoms with Gasteiger partial charge >= 0.3 is 5.97 Å². The van der Waals surface area contributed by atoms with E-state index in [1.165, 1.54) is 6.20 Å². The first-order valence-corrected chi connectivity index (χ1v) is 6.97. The molecule has 9 nitrogen and oxygen atoms in total. The Bertz CT molecular complexity index is 877. The summed E-state index contributed by atoms with van der Waals surface area (Å²) in [6, 6.07) is 3.38. The molecule has 24 heavy (non-hydrogen) atoms. The summed E-state index contributed by atoms with van der Waals surface area (Å²) in [7, 11) is 0. The third-order valence-corrected chi connectivity index (χ3v) is 3.75. The summed E-state index contributed by atoms with van der Waals surface area (Å²) in [4.78, 5) is 40.5. The molecule has 0 fully saturated rings. The van der Waals surface area contributed by atoms with E-state index in [0.717, 1.165) is 15.7 Å². The van der Waals surface area contributed by atoms with Crippen LogP contribution in [0.4, 0.5) is 0 Å². The number of fused-ring (bicyclic) bond motifs is 1. The monoisotopic (exact) mass is 331 g/mol. The maximum absolute atomic E-state index is 12.6. The number of hydrogen-bond donors (Lipinski definition) is 3. The molecule has 1 aliphatic rings. The molecule has 3 heterocycles. The van der Waals surface area contributed by atoms with E-state index >= 15 is 0 Å². The zero-order valence-electron chi connectivity index (χ0n) is 12.3. The SMILES string of the molecule is O=C(O)c1cn2c(c(O)c1=O)C(=O)N(Cc1cccnc1)C(O)C2. The van der Waals surface area contributed by atoms with Crippen LogP contribution in [0.25, 0.3) is 0 Å². The standard InChI is InChI=1S/C15H13N3O6/c19-10-7-17-6-9(15(23)24)12(20)13(21)11(17)14(22)18(10)5-8-2-1-3-16-4-8/h1-4,6,10,19,21H,5,7H2,(H,23,24). The van der Waals surface area contributed by atoms with Crippen LogP contribution in [0.1, 0.15) is 26.4 Å². The van der Waals surface area contributed by atoms with Crippen molar-refractivity contribution in [2.45, 2.75) is 19.3 Å². The van der Waals surface area contributed by atoms with E-state index in [-0.39, 0.29) is 18.8 Å². The van der Waals surface area contributed by atoms with Crippen molar-refractivity contribution in [1.82, 2.24) is 14.5 Å². The Morgan fingerprint density at radius 2 is 2.12 bits per heavy atom. The van der Waals surface area contributed by atoms with Gasteiger partial charge in [0.1, 0.15) is 11.8 Å². The Kier molecular flexibility index (Phi) is 3.78. The summed E-state index contributed by atoms with van der Waals surface area (Å²) in [5.74, 6) is -3.24. The highest BCUT2D eigenvalue weighted by Gasteiger charge is 2.35. The van der Waals surface area contributed by atoms with Gasteiger partial charge in [0.05, 0.1) is 13.1 Å². The third-order valence-electron chi connectivity index (χ3n) is 3.75.